The van der Waals surface area contributed by atoms with Crippen LogP contribution in [0.15, 0.2) is 84.9 Å². The van der Waals surface area contributed by atoms with E-state index in [1.807, 2.05) is 54.6 Å². The van der Waals surface area contributed by atoms with Gasteiger partial charge in [0.1, 0.15) is 18.4 Å². The van der Waals surface area contributed by atoms with Crippen molar-refractivity contribution in [1.29, 1.82) is 0 Å². The van der Waals surface area contributed by atoms with Crippen LogP contribution >= 0.6 is 0 Å². The van der Waals surface area contributed by atoms with Gasteiger partial charge in [-0.15, -0.1) is 0 Å². The number of hydrogen-bond donors (Lipinski definition) is 0. The average Bonchev–Trinajstić information content (AvgIpc) is 2.86. The van der Waals surface area contributed by atoms with Crippen molar-refractivity contribution in [2.45, 2.75) is 37.8 Å². The van der Waals surface area contributed by atoms with Gasteiger partial charge in [0.2, 0.25) is 0 Å². The van der Waals surface area contributed by atoms with Crippen LogP contribution in [0.3, 0.4) is 0 Å². The van der Waals surface area contributed by atoms with Crippen molar-refractivity contribution in [2.24, 2.45) is 0 Å². The Labute approximate surface area is 190 Å². The van der Waals surface area contributed by atoms with Crippen LogP contribution in [-0.4, -0.2) is 37.2 Å². The van der Waals surface area contributed by atoms with Crippen molar-refractivity contribution in [3.8, 4) is 5.75 Å². The fourth-order valence-electron chi connectivity index (χ4n) is 4.47. The van der Waals surface area contributed by atoms with Crippen LogP contribution in [0.1, 0.15) is 41.9 Å². The smallest absolute Gasteiger partial charge is 0.323 e. The number of likely N-dealkylation sites (tertiary alicyclic amines) is 1. The Morgan fingerprint density at radius 2 is 1.62 bits per heavy atom. The molecule has 3 aromatic rings. The number of nitrogens with zero attached hydrogens (tertiary/aromatic N) is 1. The second-order valence-corrected chi connectivity index (χ2v) is 8.34. The van der Waals surface area contributed by atoms with Gasteiger partial charge in [0.25, 0.3) is 0 Å². The molecule has 4 rings (SSSR count). The average molecular weight is 430 g/mol. The van der Waals surface area contributed by atoms with E-state index in [9.17, 15) is 4.79 Å². The lowest BCUT2D eigenvalue weighted by Crippen LogP contribution is -2.45. The van der Waals surface area contributed by atoms with Crippen molar-refractivity contribution < 1.29 is 14.3 Å². The third-order valence-electron chi connectivity index (χ3n) is 6.20. The second-order valence-electron chi connectivity index (χ2n) is 8.34. The third kappa shape index (κ3) is 5.57. The molecule has 0 radical (unpaired) electrons. The minimum Gasteiger partial charge on any atom is -0.497 e. The Kier molecular flexibility index (Phi) is 7.57. The maximum atomic E-state index is 13.2. The molecule has 1 saturated heterocycles. The lowest BCUT2D eigenvalue weighted by atomic mass is 9.92. The predicted octanol–water partition coefficient (Wildman–Crippen LogP) is 5.43. The molecule has 0 bridgehead atoms. The van der Waals surface area contributed by atoms with Crippen LogP contribution in [0, 0.1) is 0 Å². The highest BCUT2D eigenvalue weighted by Gasteiger charge is 2.31. The van der Waals surface area contributed by atoms with Gasteiger partial charge < -0.3 is 9.47 Å². The quantitative estimate of drug-likeness (QED) is 0.448. The molecule has 1 heterocycles. The SMILES string of the molecule is COc1cccc(CN2CCCCC2C(=O)OCC(c2ccccc2)c2ccccc2)c1. The summed E-state index contributed by atoms with van der Waals surface area (Å²) in [7, 11) is 1.68. The van der Waals surface area contributed by atoms with Crippen LogP contribution in [0.5, 0.6) is 5.75 Å². The number of piperidine rings is 1. The fourth-order valence-corrected chi connectivity index (χ4v) is 4.47. The fraction of sp³-hybridized carbons (Fsp3) is 0.321. The van der Waals surface area contributed by atoms with Crippen molar-refractivity contribution in [3.05, 3.63) is 102 Å². The number of carbonyl (C=O) groups excluding carboxylic acids is 1. The minimum absolute atomic E-state index is 0.0248. The van der Waals surface area contributed by atoms with E-state index in [0.29, 0.717) is 6.61 Å². The van der Waals surface area contributed by atoms with E-state index in [4.69, 9.17) is 9.47 Å². The summed E-state index contributed by atoms with van der Waals surface area (Å²) in [6.07, 6.45) is 2.99. The second kappa shape index (κ2) is 11.0. The van der Waals surface area contributed by atoms with Gasteiger partial charge in [-0.3, -0.25) is 9.69 Å². The van der Waals surface area contributed by atoms with Crippen molar-refractivity contribution in [3.63, 3.8) is 0 Å². The Balaban J connectivity index is 1.45. The van der Waals surface area contributed by atoms with Gasteiger partial charge >= 0.3 is 5.97 Å². The van der Waals surface area contributed by atoms with E-state index in [2.05, 4.69) is 35.2 Å². The topological polar surface area (TPSA) is 38.8 Å². The number of benzene rings is 3. The first-order valence-electron chi connectivity index (χ1n) is 11.4. The van der Waals surface area contributed by atoms with E-state index >= 15 is 0 Å². The van der Waals surface area contributed by atoms with Crippen LogP contribution < -0.4 is 4.74 Å². The van der Waals surface area contributed by atoms with Gasteiger partial charge in [0, 0.05) is 12.5 Å². The highest BCUT2D eigenvalue weighted by Crippen LogP contribution is 2.27. The Bertz CT molecular complexity index is 950. The van der Waals surface area contributed by atoms with Gasteiger partial charge in [-0.1, -0.05) is 79.2 Å². The molecule has 0 N–H and O–H groups in total. The molecule has 1 atom stereocenters. The molecule has 1 unspecified atom stereocenters. The molecule has 1 fully saturated rings. The summed E-state index contributed by atoms with van der Waals surface area (Å²) < 4.78 is 11.3. The van der Waals surface area contributed by atoms with Crippen molar-refractivity contribution >= 4 is 5.97 Å². The Morgan fingerprint density at radius 1 is 0.938 bits per heavy atom. The Hall–Kier alpha value is -3.11. The monoisotopic (exact) mass is 429 g/mol. The van der Waals surface area contributed by atoms with E-state index in [1.54, 1.807) is 7.11 Å². The maximum absolute atomic E-state index is 13.2. The van der Waals surface area contributed by atoms with Crippen LogP contribution in [0.2, 0.25) is 0 Å². The molecule has 0 saturated carbocycles. The van der Waals surface area contributed by atoms with Gasteiger partial charge in [-0.05, 0) is 48.2 Å². The van der Waals surface area contributed by atoms with Gasteiger partial charge in [-0.2, -0.15) is 0 Å². The third-order valence-corrected chi connectivity index (χ3v) is 6.20. The number of hydrogen-bond acceptors (Lipinski definition) is 4. The summed E-state index contributed by atoms with van der Waals surface area (Å²) in [5.74, 6) is 0.744. The number of carbonyl (C=O) groups is 1. The molecule has 4 heteroatoms. The molecule has 3 aromatic carbocycles. The summed E-state index contributed by atoms with van der Waals surface area (Å²) in [6.45, 7) is 1.96. The zero-order valence-corrected chi connectivity index (χ0v) is 18.7. The van der Waals surface area contributed by atoms with Gasteiger partial charge in [0.05, 0.1) is 7.11 Å². The highest BCUT2D eigenvalue weighted by molar-refractivity contribution is 5.76. The normalized spacial score (nSPS) is 16.6. The summed E-state index contributed by atoms with van der Waals surface area (Å²) in [5.41, 5.74) is 3.46. The predicted molar refractivity (Wildman–Crippen MR) is 127 cm³/mol. The van der Waals surface area contributed by atoms with Gasteiger partial charge in [-0.25, -0.2) is 0 Å². The molecule has 1 aliphatic heterocycles. The molecular weight excluding hydrogens is 398 g/mol. The molecule has 0 aliphatic carbocycles. The van der Waals surface area contributed by atoms with E-state index < -0.39 is 0 Å². The summed E-state index contributed by atoms with van der Waals surface area (Å²) in [4.78, 5) is 15.5. The number of methoxy groups -OCH3 is 1. The van der Waals surface area contributed by atoms with Crippen LogP contribution in [-0.2, 0) is 16.1 Å². The van der Waals surface area contributed by atoms with E-state index in [1.165, 1.54) is 0 Å². The largest absolute Gasteiger partial charge is 0.497 e. The minimum atomic E-state index is -0.206. The molecule has 1 aliphatic rings. The Morgan fingerprint density at radius 3 is 2.28 bits per heavy atom. The first-order valence-corrected chi connectivity index (χ1v) is 11.4. The summed E-state index contributed by atoms with van der Waals surface area (Å²) in [5, 5.41) is 0. The highest BCUT2D eigenvalue weighted by atomic mass is 16.5. The van der Waals surface area contributed by atoms with Crippen LogP contribution in [0.25, 0.3) is 0 Å². The maximum Gasteiger partial charge on any atom is 0.323 e. The van der Waals surface area contributed by atoms with Crippen molar-refractivity contribution in [1.82, 2.24) is 4.90 Å². The zero-order valence-electron chi connectivity index (χ0n) is 18.7. The lowest BCUT2D eigenvalue weighted by molar-refractivity contribution is -0.152. The molecule has 32 heavy (non-hydrogen) atoms. The molecule has 166 valence electrons. The van der Waals surface area contributed by atoms with Gasteiger partial charge in [0.15, 0.2) is 0 Å². The molecular formula is C28H31NO3. The number of esters is 1. The first-order chi connectivity index (χ1) is 15.7. The molecule has 0 amide bonds. The van der Waals surface area contributed by atoms with E-state index in [0.717, 1.165) is 54.8 Å². The molecule has 4 nitrogen and oxygen atoms in total. The van der Waals surface area contributed by atoms with Crippen LogP contribution in [0.4, 0.5) is 0 Å². The van der Waals surface area contributed by atoms with Crippen molar-refractivity contribution in [2.75, 3.05) is 20.3 Å². The first kappa shape index (κ1) is 22.1. The molecule has 0 spiro atoms. The summed E-state index contributed by atoms with van der Waals surface area (Å²) >= 11 is 0. The number of rotatable bonds is 8. The zero-order chi connectivity index (χ0) is 22.2. The lowest BCUT2D eigenvalue weighted by Gasteiger charge is -2.34. The summed E-state index contributed by atoms with van der Waals surface area (Å²) in [6, 6.07) is 28.4. The van der Waals surface area contributed by atoms with E-state index in [-0.39, 0.29) is 17.9 Å². The molecule has 0 aromatic heterocycles. The standard InChI is InChI=1S/C28H31NO3/c1-31-25-16-10-11-22(19-25)20-29-18-9-8-17-27(29)28(30)32-21-26(23-12-4-2-5-13-23)24-14-6-3-7-15-24/h2-7,10-16,19,26-27H,8-9,17-18,20-21H2,1H3. The number of ether oxygens (including phenoxy) is 2.